The highest BCUT2D eigenvalue weighted by Crippen LogP contribution is 2.33. The average molecular weight is 337 g/mol. The van der Waals surface area contributed by atoms with E-state index in [1.54, 1.807) is 14.8 Å². The monoisotopic (exact) mass is 337 g/mol. The minimum absolute atomic E-state index is 0.0978. The van der Waals surface area contributed by atoms with E-state index in [1.807, 2.05) is 0 Å². The molecule has 0 saturated heterocycles. The summed E-state index contributed by atoms with van der Waals surface area (Å²) in [6.45, 7) is 2.54. The van der Waals surface area contributed by atoms with Crippen LogP contribution in [0.2, 0.25) is 0 Å². The van der Waals surface area contributed by atoms with Crippen LogP contribution in [0.1, 0.15) is 18.2 Å². The van der Waals surface area contributed by atoms with Gasteiger partial charge in [0.15, 0.2) is 7.85 Å². The molecule has 2 rings (SSSR count). The molecule has 1 aromatic heterocycles. The van der Waals surface area contributed by atoms with E-state index >= 15 is 0 Å². The Morgan fingerprint density at radius 2 is 2.09 bits per heavy atom. The summed E-state index contributed by atoms with van der Waals surface area (Å²) in [6.07, 6.45) is 4.57. The van der Waals surface area contributed by atoms with Gasteiger partial charge in [0.25, 0.3) is 5.92 Å². The maximum Gasteiger partial charge on any atom is 0.254 e. The molecule has 0 aliphatic heterocycles. The molecule has 0 aliphatic rings. The van der Waals surface area contributed by atoms with Crippen LogP contribution in [0.5, 0.6) is 0 Å². The van der Waals surface area contributed by atoms with Crippen LogP contribution in [-0.2, 0) is 0 Å². The minimum Gasteiger partial charge on any atom is -0.261 e. The lowest BCUT2D eigenvalue weighted by atomic mass is 9.98. The van der Waals surface area contributed by atoms with E-state index in [1.165, 1.54) is 30.7 Å². The highest BCUT2D eigenvalue weighted by Gasteiger charge is 2.22. The molecule has 23 heavy (non-hydrogen) atoms. The molecule has 120 valence electrons. The van der Waals surface area contributed by atoms with Crippen molar-refractivity contribution in [3.05, 3.63) is 47.8 Å². The fraction of sp³-hybridized carbons (Fsp3) is 0.267. The molecule has 0 aliphatic carbocycles. The third kappa shape index (κ3) is 5.09. The van der Waals surface area contributed by atoms with E-state index < -0.39 is 11.7 Å². The molecule has 0 unspecified atom stereocenters. The maximum atomic E-state index is 14.1. The number of aromatic nitrogens is 2. The van der Waals surface area contributed by atoms with E-state index in [4.69, 9.17) is 0 Å². The number of benzene rings is 1. The van der Waals surface area contributed by atoms with E-state index in [0.29, 0.717) is 21.8 Å². The van der Waals surface area contributed by atoms with Crippen molar-refractivity contribution in [1.29, 1.82) is 0 Å². The van der Waals surface area contributed by atoms with Crippen LogP contribution >= 0.6 is 11.8 Å². The predicted molar refractivity (Wildman–Crippen MR) is 89.3 cm³/mol. The maximum absolute atomic E-state index is 14.1. The van der Waals surface area contributed by atoms with Gasteiger partial charge in [-0.2, -0.15) is 0 Å². The Bertz CT molecular complexity index is 718. The lowest BCUT2D eigenvalue weighted by Gasteiger charge is -2.12. The second-order valence-corrected chi connectivity index (χ2v) is 6.23. The van der Waals surface area contributed by atoms with E-state index in [9.17, 15) is 13.2 Å². The molecule has 3 nitrogen and oxygen atoms in total. The summed E-state index contributed by atoms with van der Waals surface area (Å²) in [6, 6.07) is 2.79. The number of alkyl halides is 2. The highest BCUT2D eigenvalue weighted by molar-refractivity contribution is 7.99. The first kappa shape index (κ1) is 17.5. The molecule has 0 bridgehead atoms. The topological polar surface area (TPSA) is 38.1 Å². The van der Waals surface area contributed by atoms with Gasteiger partial charge < -0.3 is 0 Å². The van der Waals surface area contributed by atoms with Gasteiger partial charge in [-0.15, -0.1) is 11.8 Å². The van der Waals surface area contributed by atoms with Gasteiger partial charge in [0.05, 0.1) is 23.3 Å². The zero-order chi connectivity index (χ0) is 17.0. The van der Waals surface area contributed by atoms with Gasteiger partial charge in [0.2, 0.25) is 0 Å². The Kier molecular flexibility index (Phi) is 5.46. The van der Waals surface area contributed by atoms with Crippen molar-refractivity contribution in [3.8, 4) is 0 Å². The number of nitrogens with zero attached hydrogens (tertiary/aromatic N) is 3. The highest BCUT2D eigenvalue weighted by atomic mass is 32.2. The molecular formula is C15H15BF3N3S. The van der Waals surface area contributed by atoms with E-state index in [0.717, 1.165) is 18.7 Å². The van der Waals surface area contributed by atoms with Crippen LogP contribution in [0.15, 0.2) is 40.6 Å². The quantitative estimate of drug-likeness (QED) is 0.477. The summed E-state index contributed by atoms with van der Waals surface area (Å²) in [5.41, 5.74) is 1.73. The van der Waals surface area contributed by atoms with Crippen LogP contribution < -0.4 is 0 Å². The summed E-state index contributed by atoms with van der Waals surface area (Å²) in [7, 11) is 1.69. The molecule has 8 heteroatoms. The number of aryl methyl sites for hydroxylation is 1. The van der Waals surface area contributed by atoms with Crippen LogP contribution in [0.3, 0.4) is 0 Å². The molecule has 1 aromatic carbocycles. The molecule has 0 fully saturated rings. The van der Waals surface area contributed by atoms with Crippen LogP contribution in [-0.4, -0.2) is 35.1 Å². The lowest BCUT2D eigenvalue weighted by Crippen LogP contribution is -2.12. The fourth-order valence-corrected chi connectivity index (χ4v) is 2.70. The number of hydrogen-bond acceptors (Lipinski definition) is 4. The molecular weight excluding hydrogens is 322 g/mol. The summed E-state index contributed by atoms with van der Waals surface area (Å²) in [5, 5.41) is 0. The number of rotatable bonds is 5. The number of aliphatic imine (C=N–C) groups is 1. The fourth-order valence-electron chi connectivity index (χ4n) is 1.81. The van der Waals surface area contributed by atoms with E-state index in [-0.39, 0.29) is 11.4 Å². The Morgan fingerprint density at radius 3 is 2.70 bits per heavy atom. The van der Waals surface area contributed by atoms with Gasteiger partial charge in [-0.1, -0.05) is 0 Å². The summed E-state index contributed by atoms with van der Waals surface area (Å²) in [5.74, 6) is -3.66. The van der Waals surface area contributed by atoms with Crippen molar-refractivity contribution >= 4 is 30.9 Å². The van der Waals surface area contributed by atoms with Crippen LogP contribution in [0, 0.1) is 12.7 Å². The Balaban J connectivity index is 2.32. The normalized spacial score (nSPS) is 12.5. The number of thioether (sulfide) groups is 1. The van der Waals surface area contributed by atoms with Gasteiger partial charge >= 0.3 is 0 Å². The summed E-state index contributed by atoms with van der Waals surface area (Å²) in [4.78, 5) is 12.8. The molecule has 1 heterocycles. The summed E-state index contributed by atoms with van der Waals surface area (Å²) >= 11 is 0.986. The molecule has 0 amide bonds. The molecule has 0 N–H and O–H groups in total. The second-order valence-electron chi connectivity index (χ2n) is 5.22. The van der Waals surface area contributed by atoms with Crippen molar-refractivity contribution in [2.75, 3.05) is 5.75 Å². The van der Waals surface area contributed by atoms with Crippen LogP contribution in [0.25, 0.3) is 0 Å². The molecule has 2 aromatic rings. The average Bonchev–Trinajstić information content (AvgIpc) is 2.48. The van der Waals surface area contributed by atoms with Crippen molar-refractivity contribution in [2.24, 2.45) is 4.99 Å². The smallest absolute Gasteiger partial charge is 0.254 e. The Hall–Kier alpha value is -1.83. The predicted octanol–water partition coefficient (Wildman–Crippen LogP) is 3.38. The number of halogens is 3. The van der Waals surface area contributed by atoms with Gasteiger partial charge in [0.1, 0.15) is 5.82 Å². The standard InChI is InChI=1S/C15H15BF3N3S/c1-9-5-10(17)11(6-13(9)23-8-15(2,18)19)22-14(16)12-7-20-3-4-21-12/h3-7H,8,16H2,1-2H3/b22-14-. The third-order valence-electron chi connectivity index (χ3n) is 2.95. The zero-order valence-corrected chi connectivity index (χ0v) is 13.8. The summed E-state index contributed by atoms with van der Waals surface area (Å²) < 4.78 is 40.1. The van der Waals surface area contributed by atoms with Crippen molar-refractivity contribution in [1.82, 2.24) is 9.97 Å². The van der Waals surface area contributed by atoms with Gasteiger partial charge in [0, 0.05) is 29.8 Å². The molecule has 0 saturated carbocycles. The SMILES string of the molecule is B/C(=N\c1cc(SCC(C)(F)F)c(C)cc1F)c1cnccn1. The van der Waals surface area contributed by atoms with Crippen molar-refractivity contribution in [2.45, 2.75) is 24.7 Å². The first-order chi connectivity index (χ1) is 10.8. The molecule has 0 spiro atoms. The van der Waals surface area contributed by atoms with Crippen LogP contribution in [0.4, 0.5) is 18.9 Å². The zero-order valence-electron chi connectivity index (χ0n) is 13.0. The first-order valence-corrected chi connectivity index (χ1v) is 7.87. The first-order valence-electron chi connectivity index (χ1n) is 6.89. The van der Waals surface area contributed by atoms with E-state index in [2.05, 4.69) is 15.0 Å². The van der Waals surface area contributed by atoms with Gasteiger partial charge in [-0.25, -0.2) is 13.2 Å². The van der Waals surface area contributed by atoms with Crippen molar-refractivity contribution < 1.29 is 13.2 Å². The molecule has 0 atom stereocenters. The Morgan fingerprint density at radius 1 is 1.35 bits per heavy atom. The second kappa shape index (κ2) is 7.17. The van der Waals surface area contributed by atoms with Crippen molar-refractivity contribution in [3.63, 3.8) is 0 Å². The third-order valence-corrected chi connectivity index (χ3v) is 4.35. The lowest BCUT2D eigenvalue weighted by molar-refractivity contribution is 0.0492. The Labute approximate surface area is 137 Å². The molecule has 0 radical (unpaired) electrons. The minimum atomic E-state index is -2.79. The van der Waals surface area contributed by atoms with Gasteiger partial charge in [-0.3, -0.25) is 15.0 Å². The number of hydrogen-bond donors (Lipinski definition) is 0. The largest absolute Gasteiger partial charge is 0.261 e. The van der Waals surface area contributed by atoms with Gasteiger partial charge in [-0.05, 0) is 24.6 Å².